The van der Waals surface area contributed by atoms with Crippen LogP contribution in [0.25, 0.3) is 10.8 Å². The lowest BCUT2D eigenvalue weighted by Crippen LogP contribution is -2.34. The fraction of sp³-hybridized carbons (Fsp3) is 0.143. The first-order valence-electron chi connectivity index (χ1n) is 5.81. The Hall–Kier alpha value is -2.20. The zero-order chi connectivity index (χ0) is 12.7. The standard InChI is InChI=1S/C14H12N2O2/c15-5-6-16-13(17)11-7-9-3-1-2-4-10(9)8-12(11)14(16)18/h1-4,7-8H,5-6,15H2. The summed E-state index contributed by atoms with van der Waals surface area (Å²) in [7, 11) is 0. The van der Waals surface area contributed by atoms with E-state index in [0.29, 0.717) is 11.1 Å². The fourth-order valence-electron chi connectivity index (χ4n) is 2.31. The Morgan fingerprint density at radius 1 is 0.944 bits per heavy atom. The summed E-state index contributed by atoms with van der Waals surface area (Å²) >= 11 is 0. The second-order valence-electron chi connectivity index (χ2n) is 4.30. The van der Waals surface area contributed by atoms with Gasteiger partial charge in [0.05, 0.1) is 11.1 Å². The first-order chi connectivity index (χ1) is 8.72. The molecule has 1 aliphatic rings. The number of hydrogen-bond donors (Lipinski definition) is 1. The first-order valence-corrected chi connectivity index (χ1v) is 5.81. The minimum absolute atomic E-state index is 0.244. The zero-order valence-corrected chi connectivity index (χ0v) is 9.72. The van der Waals surface area contributed by atoms with Crippen LogP contribution in [0.5, 0.6) is 0 Å². The van der Waals surface area contributed by atoms with Crippen molar-refractivity contribution in [3.8, 4) is 0 Å². The van der Waals surface area contributed by atoms with Crippen molar-refractivity contribution in [3.05, 3.63) is 47.5 Å². The Morgan fingerprint density at radius 3 is 1.89 bits per heavy atom. The average Bonchev–Trinajstić information content (AvgIpc) is 2.62. The average molecular weight is 240 g/mol. The van der Waals surface area contributed by atoms with Gasteiger partial charge in [0.1, 0.15) is 0 Å². The monoisotopic (exact) mass is 240 g/mol. The molecule has 2 amide bonds. The molecule has 1 heterocycles. The highest BCUT2D eigenvalue weighted by Gasteiger charge is 2.34. The van der Waals surface area contributed by atoms with Crippen LogP contribution in [0.3, 0.4) is 0 Å². The lowest BCUT2D eigenvalue weighted by molar-refractivity contribution is 0.0659. The summed E-state index contributed by atoms with van der Waals surface area (Å²) in [6.45, 7) is 0.549. The van der Waals surface area contributed by atoms with Crippen LogP contribution in [-0.2, 0) is 0 Å². The van der Waals surface area contributed by atoms with E-state index >= 15 is 0 Å². The van der Waals surface area contributed by atoms with Gasteiger partial charge in [0.25, 0.3) is 11.8 Å². The third-order valence-electron chi connectivity index (χ3n) is 3.19. The molecule has 2 aromatic carbocycles. The van der Waals surface area contributed by atoms with E-state index in [0.717, 1.165) is 10.8 Å². The van der Waals surface area contributed by atoms with Crippen LogP contribution < -0.4 is 5.73 Å². The van der Waals surface area contributed by atoms with Crippen LogP contribution >= 0.6 is 0 Å². The second-order valence-corrected chi connectivity index (χ2v) is 4.30. The Labute approximate surface area is 104 Å². The molecule has 18 heavy (non-hydrogen) atoms. The molecule has 0 bridgehead atoms. The van der Waals surface area contributed by atoms with Crippen molar-refractivity contribution in [1.82, 2.24) is 4.90 Å². The highest BCUT2D eigenvalue weighted by molar-refractivity contribution is 6.23. The zero-order valence-electron chi connectivity index (χ0n) is 9.72. The number of carbonyl (C=O) groups excluding carboxylic acids is 2. The summed E-state index contributed by atoms with van der Waals surface area (Å²) in [5.41, 5.74) is 6.38. The Kier molecular flexibility index (Phi) is 2.38. The van der Waals surface area contributed by atoms with Crippen LogP contribution in [0.2, 0.25) is 0 Å². The molecule has 4 nitrogen and oxygen atoms in total. The van der Waals surface area contributed by atoms with Crippen molar-refractivity contribution in [1.29, 1.82) is 0 Å². The van der Waals surface area contributed by atoms with Crippen LogP contribution in [0.15, 0.2) is 36.4 Å². The largest absolute Gasteiger partial charge is 0.329 e. The summed E-state index contributed by atoms with van der Waals surface area (Å²) in [5.74, 6) is -0.489. The molecule has 0 radical (unpaired) electrons. The molecule has 0 saturated carbocycles. The lowest BCUT2D eigenvalue weighted by Gasteiger charge is -2.11. The third kappa shape index (κ3) is 1.43. The molecule has 0 aromatic heterocycles. The molecule has 0 saturated heterocycles. The molecule has 2 aromatic rings. The lowest BCUT2D eigenvalue weighted by atomic mass is 10.0. The van der Waals surface area contributed by atoms with Gasteiger partial charge >= 0.3 is 0 Å². The van der Waals surface area contributed by atoms with Crippen molar-refractivity contribution in [3.63, 3.8) is 0 Å². The number of nitrogens with zero attached hydrogens (tertiary/aromatic N) is 1. The number of amides is 2. The van der Waals surface area contributed by atoms with E-state index in [4.69, 9.17) is 5.73 Å². The van der Waals surface area contributed by atoms with Crippen molar-refractivity contribution < 1.29 is 9.59 Å². The third-order valence-corrected chi connectivity index (χ3v) is 3.19. The molecule has 0 aliphatic carbocycles. The summed E-state index contributed by atoms with van der Waals surface area (Å²) in [6.07, 6.45) is 0. The maximum absolute atomic E-state index is 12.1. The number of hydrogen-bond acceptors (Lipinski definition) is 3. The van der Waals surface area contributed by atoms with Crippen molar-refractivity contribution >= 4 is 22.6 Å². The number of carbonyl (C=O) groups is 2. The summed E-state index contributed by atoms with van der Waals surface area (Å²) < 4.78 is 0. The molecule has 1 aliphatic heterocycles. The molecule has 0 spiro atoms. The maximum atomic E-state index is 12.1. The summed E-state index contributed by atoms with van der Waals surface area (Å²) in [6, 6.07) is 11.2. The number of benzene rings is 2. The van der Waals surface area contributed by atoms with Gasteiger partial charge in [0.15, 0.2) is 0 Å². The van der Waals surface area contributed by atoms with Gasteiger partial charge in [-0.2, -0.15) is 0 Å². The van der Waals surface area contributed by atoms with E-state index in [1.807, 2.05) is 24.3 Å². The smallest absolute Gasteiger partial charge is 0.261 e. The van der Waals surface area contributed by atoms with Crippen molar-refractivity contribution in [2.45, 2.75) is 0 Å². The molecule has 3 rings (SSSR count). The topological polar surface area (TPSA) is 63.4 Å². The fourth-order valence-corrected chi connectivity index (χ4v) is 2.31. The van der Waals surface area contributed by atoms with Gasteiger partial charge in [0, 0.05) is 13.1 Å². The van der Waals surface area contributed by atoms with E-state index in [2.05, 4.69) is 0 Å². The van der Waals surface area contributed by atoms with Gasteiger partial charge in [-0.1, -0.05) is 24.3 Å². The van der Waals surface area contributed by atoms with Crippen LogP contribution in [0, 0.1) is 0 Å². The number of rotatable bonds is 2. The molecule has 2 N–H and O–H groups in total. The number of fused-ring (bicyclic) bond motifs is 2. The van der Waals surface area contributed by atoms with Gasteiger partial charge in [-0.3, -0.25) is 14.5 Å². The molecular formula is C14H12N2O2. The summed E-state index contributed by atoms with van der Waals surface area (Å²) in [4.78, 5) is 25.4. The highest BCUT2D eigenvalue weighted by atomic mass is 16.2. The highest BCUT2D eigenvalue weighted by Crippen LogP contribution is 2.27. The van der Waals surface area contributed by atoms with Gasteiger partial charge in [-0.25, -0.2) is 0 Å². The molecule has 4 heteroatoms. The van der Waals surface area contributed by atoms with Crippen LogP contribution in [0.4, 0.5) is 0 Å². The first kappa shape index (κ1) is 10.9. The predicted octanol–water partition coefficient (Wildman–Crippen LogP) is 1.39. The van der Waals surface area contributed by atoms with E-state index in [-0.39, 0.29) is 24.9 Å². The van der Waals surface area contributed by atoms with Crippen LogP contribution in [0.1, 0.15) is 20.7 Å². The van der Waals surface area contributed by atoms with Crippen LogP contribution in [-0.4, -0.2) is 29.8 Å². The van der Waals surface area contributed by atoms with E-state index in [1.54, 1.807) is 12.1 Å². The van der Waals surface area contributed by atoms with E-state index in [1.165, 1.54) is 4.90 Å². The van der Waals surface area contributed by atoms with Gasteiger partial charge in [-0.15, -0.1) is 0 Å². The van der Waals surface area contributed by atoms with E-state index in [9.17, 15) is 9.59 Å². The Morgan fingerprint density at radius 2 is 1.44 bits per heavy atom. The van der Waals surface area contributed by atoms with Gasteiger partial charge < -0.3 is 5.73 Å². The Balaban J connectivity index is 2.20. The van der Waals surface area contributed by atoms with Crippen molar-refractivity contribution in [2.75, 3.05) is 13.1 Å². The maximum Gasteiger partial charge on any atom is 0.261 e. The van der Waals surface area contributed by atoms with Gasteiger partial charge in [-0.05, 0) is 22.9 Å². The second kappa shape index (κ2) is 3.92. The molecule has 0 unspecified atom stereocenters. The molecule has 0 atom stereocenters. The minimum atomic E-state index is -0.244. The molecular weight excluding hydrogens is 228 g/mol. The number of imide groups is 1. The minimum Gasteiger partial charge on any atom is -0.329 e. The quantitative estimate of drug-likeness (QED) is 0.807. The predicted molar refractivity (Wildman–Crippen MR) is 68.4 cm³/mol. The normalized spacial score (nSPS) is 14.4. The SMILES string of the molecule is NCCN1C(=O)c2cc3ccccc3cc2C1=O. The summed E-state index contributed by atoms with van der Waals surface area (Å²) in [5, 5.41) is 1.93. The van der Waals surface area contributed by atoms with Crippen molar-refractivity contribution in [2.24, 2.45) is 5.73 Å². The molecule has 90 valence electrons. The molecule has 0 fully saturated rings. The number of nitrogens with two attached hydrogens (primary N) is 1. The van der Waals surface area contributed by atoms with Gasteiger partial charge in [0.2, 0.25) is 0 Å². The van der Waals surface area contributed by atoms with E-state index < -0.39 is 0 Å². The Bertz CT molecular complexity index is 609.